The number of hydrogen-bond acceptors (Lipinski definition) is 3. The second-order valence-electron chi connectivity index (χ2n) is 5.79. The highest BCUT2D eigenvalue weighted by molar-refractivity contribution is 5.74. The Morgan fingerprint density at radius 1 is 1.00 bits per heavy atom. The highest BCUT2D eigenvalue weighted by atomic mass is 16.4. The predicted octanol–water partition coefficient (Wildman–Crippen LogP) is 1.12. The van der Waals surface area contributed by atoms with Crippen LogP contribution in [0.3, 0.4) is 0 Å². The molecule has 0 aromatic carbocycles. The number of piperazine rings is 1. The molecule has 0 spiro atoms. The standard InChI is InChI=1S/C14H25N3O3/c18-13(19)11-16-7-9-17(10-8-16)14(20)15-12-5-3-1-2-4-6-12/h12H,1-11H2,(H,15,20)(H,18,19). The van der Waals surface area contributed by atoms with Crippen molar-refractivity contribution in [1.82, 2.24) is 15.1 Å². The molecule has 1 aliphatic heterocycles. The Hall–Kier alpha value is -1.30. The van der Waals surface area contributed by atoms with Gasteiger partial charge in [0.15, 0.2) is 0 Å². The minimum Gasteiger partial charge on any atom is -0.480 e. The van der Waals surface area contributed by atoms with Gasteiger partial charge in [0.25, 0.3) is 0 Å². The summed E-state index contributed by atoms with van der Waals surface area (Å²) >= 11 is 0. The number of carbonyl (C=O) groups is 2. The van der Waals surface area contributed by atoms with E-state index in [0.29, 0.717) is 32.2 Å². The number of urea groups is 1. The summed E-state index contributed by atoms with van der Waals surface area (Å²) in [6.07, 6.45) is 7.14. The molecule has 0 bridgehead atoms. The number of amides is 2. The molecule has 114 valence electrons. The van der Waals surface area contributed by atoms with E-state index in [1.54, 1.807) is 0 Å². The minimum atomic E-state index is -0.804. The number of carboxylic acids is 1. The fourth-order valence-corrected chi connectivity index (χ4v) is 2.99. The van der Waals surface area contributed by atoms with Crippen LogP contribution in [0.4, 0.5) is 4.79 Å². The molecule has 1 saturated carbocycles. The molecule has 2 N–H and O–H groups in total. The quantitative estimate of drug-likeness (QED) is 0.761. The van der Waals surface area contributed by atoms with Crippen LogP contribution in [0.1, 0.15) is 38.5 Å². The number of nitrogens with one attached hydrogen (secondary N) is 1. The van der Waals surface area contributed by atoms with Gasteiger partial charge in [-0.3, -0.25) is 9.69 Å². The number of nitrogens with zero attached hydrogens (tertiary/aromatic N) is 2. The van der Waals surface area contributed by atoms with Crippen LogP contribution in [0.15, 0.2) is 0 Å². The normalized spacial score (nSPS) is 22.3. The van der Waals surface area contributed by atoms with Crippen molar-refractivity contribution < 1.29 is 14.7 Å². The summed E-state index contributed by atoms with van der Waals surface area (Å²) in [5.41, 5.74) is 0. The molecule has 20 heavy (non-hydrogen) atoms. The first-order valence-corrected chi connectivity index (χ1v) is 7.65. The van der Waals surface area contributed by atoms with Crippen molar-refractivity contribution in [3.63, 3.8) is 0 Å². The van der Waals surface area contributed by atoms with E-state index < -0.39 is 5.97 Å². The van der Waals surface area contributed by atoms with Crippen molar-refractivity contribution in [3.8, 4) is 0 Å². The minimum absolute atomic E-state index is 0.0203. The molecule has 2 rings (SSSR count). The fourth-order valence-electron chi connectivity index (χ4n) is 2.99. The zero-order valence-electron chi connectivity index (χ0n) is 12.0. The van der Waals surface area contributed by atoms with Gasteiger partial charge in [-0.1, -0.05) is 25.7 Å². The van der Waals surface area contributed by atoms with Crippen molar-refractivity contribution in [2.24, 2.45) is 0 Å². The highest BCUT2D eigenvalue weighted by Crippen LogP contribution is 2.17. The number of carbonyl (C=O) groups excluding carboxylic acids is 1. The van der Waals surface area contributed by atoms with E-state index in [-0.39, 0.29) is 12.6 Å². The van der Waals surface area contributed by atoms with Crippen LogP contribution in [-0.4, -0.2) is 65.7 Å². The molecule has 1 aliphatic carbocycles. The van der Waals surface area contributed by atoms with Gasteiger partial charge >= 0.3 is 12.0 Å². The lowest BCUT2D eigenvalue weighted by Crippen LogP contribution is -2.54. The van der Waals surface area contributed by atoms with Crippen LogP contribution in [0.2, 0.25) is 0 Å². The van der Waals surface area contributed by atoms with Gasteiger partial charge in [0.05, 0.1) is 6.54 Å². The van der Waals surface area contributed by atoms with Crippen molar-refractivity contribution in [2.75, 3.05) is 32.7 Å². The molecule has 0 unspecified atom stereocenters. The predicted molar refractivity (Wildman–Crippen MR) is 75.7 cm³/mol. The van der Waals surface area contributed by atoms with Crippen LogP contribution in [0.25, 0.3) is 0 Å². The van der Waals surface area contributed by atoms with Crippen molar-refractivity contribution >= 4 is 12.0 Å². The summed E-state index contributed by atoms with van der Waals surface area (Å²) in [7, 11) is 0. The first-order chi connectivity index (χ1) is 9.65. The summed E-state index contributed by atoms with van der Waals surface area (Å²) in [4.78, 5) is 26.5. The molecule has 6 heteroatoms. The first-order valence-electron chi connectivity index (χ1n) is 7.65. The van der Waals surface area contributed by atoms with Crippen molar-refractivity contribution in [1.29, 1.82) is 0 Å². The monoisotopic (exact) mass is 283 g/mol. The van der Waals surface area contributed by atoms with Crippen LogP contribution in [-0.2, 0) is 4.79 Å². The van der Waals surface area contributed by atoms with E-state index in [1.165, 1.54) is 25.7 Å². The molecule has 0 aromatic heterocycles. The van der Waals surface area contributed by atoms with Gasteiger partial charge in [0, 0.05) is 32.2 Å². The average Bonchev–Trinajstić information content (AvgIpc) is 2.67. The molecule has 1 saturated heterocycles. The molecule has 2 aliphatic rings. The molecule has 0 aromatic rings. The van der Waals surface area contributed by atoms with E-state index in [0.717, 1.165) is 12.8 Å². The Labute approximate surface area is 120 Å². The highest BCUT2D eigenvalue weighted by Gasteiger charge is 2.24. The Morgan fingerprint density at radius 2 is 1.60 bits per heavy atom. The van der Waals surface area contributed by atoms with Gasteiger partial charge in [0.1, 0.15) is 0 Å². The number of hydrogen-bond donors (Lipinski definition) is 2. The third-order valence-corrected chi connectivity index (χ3v) is 4.20. The third-order valence-electron chi connectivity index (χ3n) is 4.20. The Balaban J connectivity index is 1.72. The second kappa shape index (κ2) is 7.47. The smallest absolute Gasteiger partial charge is 0.317 e. The van der Waals surface area contributed by atoms with E-state index in [4.69, 9.17) is 5.11 Å². The first kappa shape index (κ1) is 15.1. The van der Waals surface area contributed by atoms with Gasteiger partial charge in [-0.05, 0) is 12.8 Å². The molecule has 1 heterocycles. The molecular weight excluding hydrogens is 258 g/mol. The van der Waals surface area contributed by atoms with Crippen molar-refractivity contribution in [2.45, 2.75) is 44.6 Å². The van der Waals surface area contributed by atoms with E-state index in [9.17, 15) is 9.59 Å². The summed E-state index contributed by atoms with van der Waals surface area (Å²) in [6, 6.07) is 0.342. The lowest BCUT2D eigenvalue weighted by atomic mass is 10.1. The van der Waals surface area contributed by atoms with E-state index in [1.807, 2.05) is 9.80 Å². The fraction of sp³-hybridized carbons (Fsp3) is 0.857. The lowest BCUT2D eigenvalue weighted by molar-refractivity contribution is -0.138. The topological polar surface area (TPSA) is 72.9 Å². The maximum Gasteiger partial charge on any atom is 0.317 e. The van der Waals surface area contributed by atoms with E-state index in [2.05, 4.69) is 5.32 Å². The number of aliphatic carboxylic acids is 1. The Kier molecular flexibility index (Phi) is 5.64. The van der Waals surface area contributed by atoms with E-state index >= 15 is 0 Å². The second-order valence-corrected chi connectivity index (χ2v) is 5.79. The van der Waals surface area contributed by atoms with Crippen LogP contribution >= 0.6 is 0 Å². The van der Waals surface area contributed by atoms with Gasteiger partial charge in [-0.25, -0.2) is 4.79 Å². The zero-order valence-corrected chi connectivity index (χ0v) is 12.0. The van der Waals surface area contributed by atoms with Gasteiger partial charge < -0.3 is 15.3 Å². The van der Waals surface area contributed by atoms with Crippen LogP contribution in [0.5, 0.6) is 0 Å². The van der Waals surface area contributed by atoms with Crippen molar-refractivity contribution in [3.05, 3.63) is 0 Å². The molecular formula is C14H25N3O3. The largest absolute Gasteiger partial charge is 0.480 e. The average molecular weight is 283 g/mol. The summed E-state index contributed by atoms with van der Waals surface area (Å²) in [5, 5.41) is 11.9. The van der Waals surface area contributed by atoms with Gasteiger partial charge in [0.2, 0.25) is 0 Å². The summed E-state index contributed by atoms with van der Waals surface area (Å²) in [5.74, 6) is -0.804. The Bertz CT molecular complexity index is 333. The van der Waals surface area contributed by atoms with Crippen LogP contribution in [0, 0.1) is 0 Å². The third kappa shape index (κ3) is 4.67. The summed E-state index contributed by atoms with van der Waals surface area (Å²) < 4.78 is 0. The maximum absolute atomic E-state index is 12.2. The molecule has 0 atom stereocenters. The molecule has 2 amide bonds. The SMILES string of the molecule is O=C(O)CN1CCN(C(=O)NC2CCCCCC2)CC1. The Morgan fingerprint density at radius 3 is 2.15 bits per heavy atom. The zero-order chi connectivity index (χ0) is 14.4. The molecule has 0 radical (unpaired) electrons. The molecule has 6 nitrogen and oxygen atoms in total. The van der Waals surface area contributed by atoms with Gasteiger partial charge in [-0.2, -0.15) is 0 Å². The van der Waals surface area contributed by atoms with Crippen LogP contribution < -0.4 is 5.32 Å². The number of carboxylic acid groups (broad SMARTS) is 1. The summed E-state index contributed by atoms with van der Waals surface area (Å²) in [6.45, 7) is 2.59. The molecule has 2 fully saturated rings. The van der Waals surface area contributed by atoms with Gasteiger partial charge in [-0.15, -0.1) is 0 Å². The lowest BCUT2D eigenvalue weighted by Gasteiger charge is -2.34. The number of rotatable bonds is 3. The maximum atomic E-state index is 12.2.